The molecule has 0 spiro atoms. The Bertz CT molecular complexity index is 201. The summed E-state index contributed by atoms with van der Waals surface area (Å²) >= 11 is 0. The molecule has 2 rings (SSSR count). The van der Waals surface area contributed by atoms with Gasteiger partial charge in [0.25, 0.3) is 0 Å². The second-order valence-corrected chi connectivity index (χ2v) is 5.90. The highest BCUT2D eigenvalue weighted by atomic mass is 15.1. The summed E-state index contributed by atoms with van der Waals surface area (Å²) in [6.07, 6.45) is 9.98. The summed E-state index contributed by atoms with van der Waals surface area (Å²) in [5.74, 6) is 0. The summed E-state index contributed by atoms with van der Waals surface area (Å²) in [5.41, 5.74) is 0.687. The van der Waals surface area contributed by atoms with E-state index in [1.54, 1.807) is 0 Å². The van der Waals surface area contributed by atoms with Crippen LogP contribution >= 0.6 is 0 Å². The number of rotatable bonds is 4. The Morgan fingerprint density at radius 2 is 1.81 bits per heavy atom. The lowest BCUT2D eigenvalue weighted by Gasteiger charge is -2.38. The molecule has 0 bridgehead atoms. The van der Waals surface area contributed by atoms with Gasteiger partial charge in [0.2, 0.25) is 0 Å². The zero-order chi connectivity index (χ0) is 11.4. The number of hydrogen-bond donors (Lipinski definition) is 1. The zero-order valence-corrected chi connectivity index (χ0v) is 11.1. The van der Waals surface area contributed by atoms with Crippen molar-refractivity contribution in [2.75, 3.05) is 26.7 Å². The Hall–Kier alpha value is -0.0800. The van der Waals surface area contributed by atoms with Crippen LogP contribution in [0.3, 0.4) is 0 Å². The van der Waals surface area contributed by atoms with E-state index in [1.165, 1.54) is 64.6 Å². The van der Waals surface area contributed by atoms with E-state index in [-0.39, 0.29) is 0 Å². The number of piperidine rings is 1. The van der Waals surface area contributed by atoms with Crippen LogP contribution in [0.2, 0.25) is 0 Å². The quantitative estimate of drug-likeness (QED) is 0.790. The lowest BCUT2D eigenvalue weighted by molar-refractivity contribution is 0.117. The fraction of sp³-hybridized carbons (Fsp3) is 1.00. The highest BCUT2D eigenvalue weighted by molar-refractivity contribution is 4.88. The van der Waals surface area contributed by atoms with Gasteiger partial charge in [0.05, 0.1) is 0 Å². The predicted octanol–water partition coefficient (Wildman–Crippen LogP) is 2.64. The molecule has 1 saturated carbocycles. The van der Waals surface area contributed by atoms with Gasteiger partial charge in [-0.2, -0.15) is 0 Å². The number of nitrogens with one attached hydrogen (secondary N) is 1. The van der Waals surface area contributed by atoms with Crippen molar-refractivity contribution in [2.24, 2.45) is 5.41 Å². The van der Waals surface area contributed by atoms with Gasteiger partial charge in [-0.25, -0.2) is 0 Å². The normalized spacial score (nSPS) is 27.4. The molecule has 0 aromatic carbocycles. The predicted molar refractivity (Wildman–Crippen MR) is 69.7 cm³/mol. The van der Waals surface area contributed by atoms with Gasteiger partial charge in [0.1, 0.15) is 0 Å². The van der Waals surface area contributed by atoms with Crippen LogP contribution in [-0.2, 0) is 0 Å². The maximum absolute atomic E-state index is 3.41. The molecule has 0 unspecified atom stereocenters. The second-order valence-electron chi connectivity index (χ2n) is 5.90. The molecule has 2 heteroatoms. The molecular formula is C14H28N2. The Morgan fingerprint density at radius 1 is 1.19 bits per heavy atom. The third-order valence-corrected chi connectivity index (χ3v) is 4.97. The van der Waals surface area contributed by atoms with Gasteiger partial charge in [-0.05, 0) is 57.7 Å². The second kappa shape index (κ2) is 5.50. The zero-order valence-electron chi connectivity index (χ0n) is 11.1. The largest absolute Gasteiger partial charge is 0.317 e. The van der Waals surface area contributed by atoms with E-state index >= 15 is 0 Å². The van der Waals surface area contributed by atoms with Crippen LogP contribution in [0.25, 0.3) is 0 Å². The van der Waals surface area contributed by atoms with Crippen LogP contribution in [0.5, 0.6) is 0 Å². The van der Waals surface area contributed by atoms with Crippen LogP contribution < -0.4 is 5.32 Å². The van der Waals surface area contributed by atoms with Crippen molar-refractivity contribution in [2.45, 2.75) is 57.9 Å². The maximum Gasteiger partial charge on any atom is 0.00884 e. The first-order chi connectivity index (χ1) is 7.78. The lowest BCUT2D eigenvalue weighted by atomic mass is 9.82. The first-order valence-electron chi connectivity index (χ1n) is 7.18. The van der Waals surface area contributed by atoms with Crippen LogP contribution in [-0.4, -0.2) is 37.6 Å². The monoisotopic (exact) mass is 224 g/mol. The Labute approximate surface area is 101 Å². The molecule has 0 radical (unpaired) electrons. The number of nitrogens with zero attached hydrogens (tertiary/aromatic N) is 1. The highest BCUT2D eigenvalue weighted by Crippen LogP contribution is 2.41. The van der Waals surface area contributed by atoms with E-state index in [0.717, 1.165) is 6.04 Å². The van der Waals surface area contributed by atoms with Crippen LogP contribution in [0.15, 0.2) is 0 Å². The molecule has 0 aromatic rings. The van der Waals surface area contributed by atoms with E-state index in [9.17, 15) is 0 Å². The van der Waals surface area contributed by atoms with Crippen molar-refractivity contribution >= 4 is 0 Å². The third-order valence-electron chi connectivity index (χ3n) is 4.97. The molecule has 2 aliphatic rings. The average molecular weight is 224 g/mol. The molecule has 2 fully saturated rings. The van der Waals surface area contributed by atoms with Crippen LogP contribution in [0, 0.1) is 5.41 Å². The minimum Gasteiger partial charge on any atom is -0.317 e. The van der Waals surface area contributed by atoms with Crippen molar-refractivity contribution in [3.8, 4) is 0 Å². The standard InChI is InChI=1S/C14H28N2/c1-3-14(8-4-5-9-14)12-16-10-6-13(15-2)7-11-16/h13,15H,3-12H2,1-2H3. The van der Waals surface area contributed by atoms with Gasteiger partial charge >= 0.3 is 0 Å². The van der Waals surface area contributed by atoms with Gasteiger partial charge in [0, 0.05) is 12.6 Å². The Balaban J connectivity index is 1.81. The van der Waals surface area contributed by atoms with E-state index in [0.29, 0.717) is 5.41 Å². The van der Waals surface area contributed by atoms with Crippen molar-refractivity contribution in [1.29, 1.82) is 0 Å². The molecule has 1 aliphatic carbocycles. The van der Waals surface area contributed by atoms with Crippen LogP contribution in [0.4, 0.5) is 0 Å². The minimum atomic E-state index is 0.687. The van der Waals surface area contributed by atoms with Gasteiger partial charge in [0.15, 0.2) is 0 Å². The molecule has 94 valence electrons. The summed E-state index contributed by atoms with van der Waals surface area (Å²) in [7, 11) is 2.10. The molecule has 1 saturated heterocycles. The number of likely N-dealkylation sites (tertiary alicyclic amines) is 1. The van der Waals surface area contributed by atoms with E-state index in [1.807, 2.05) is 0 Å². The fourth-order valence-corrected chi connectivity index (χ4v) is 3.60. The molecule has 2 nitrogen and oxygen atoms in total. The summed E-state index contributed by atoms with van der Waals surface area (Å²) < 4.78 is 0. The lowest BCUT2D eigenvalue weighted by Crippen LogP contribution is -2.45. The summed E-state index contributed by atoms with van der Waals surface area (Å²) in [6.45, 7) is 6.39. The van der Waals surface area contributed by atoms with Crippen molar-refractivity contribution < 1.29 is 0 Å². The average Bonchev–Trinajstić information content (AvgIpc) is 2.79. The Kier molecular flexibility index (Phi) is 4.26. The molecule has 1 heterocycles. The summed E-state index contributed by atoms with van der Waals surface area (Å²) in [4.78, 5) is 2.72. The summed E-state index contributed by atoms with van der Waals surface area (Å²) in [6, 6.07) is 0.775. The third kappa shape index (κ3) is 2.78. The van der Waals surface area contributed by atoms with Crippen molar-refractivity contribution in [1.82, 2.24) is 10.2 Å². The highest BCUT2D eigenvalue weighted by Gasteiger charge is 2.34. The van der Waals surface area contributed by atoms with Gasteiger partial charge in [-0.15, -0.1) is 0 Å². The van der Waals surface area contributed by atoms with Gasteiger partial charge in [-0.3, -0.25) is 0 Å². The van der Waals surface area contributed by atoms with E-state index in [2.05, 4.69) is 24.2 Å². The van der Waals surface area contributed by atoms with Crippen molar-refractivity contribution in [3.63, 3.8) is 0 Å². The molecule has 1 aliphatic heterocycles. The molecule has 0 amide bonds. The van der Waals surface area contributed by atoms with Gasteiger partial charge < -0.3 is 10.2 Å². The summed E-state index contributed by atoms with van der Waals surface area (Å²) in [5, 5.41) is 3.41. The van der Waals surface area contributed by atoms with E-state index in [4.69, 9.17) is 0 Å². The molecule has 1 N–H and O–H groups in total. The molecule has 0 atom stereocenters. The first kappa shape index (κ1) is 12.4. The molecule has 0 aromatic heterocycles. The first-order valence-corrected chi connectivity index (χ1v) is 7.18. The maximum atomic E-state index is 3.41. The SMILES string of the molecule is CCC1(CN2CCC(NC)CC2)CCCC1. The smallest absolute Gasteiger partial charge is 0.00884 e. The van der Waals surface area contributed by atoms with Crippen molar-refractivity contribution in [3.05, 3.63) is 0 Å². The molecular weight excluding hydrogens is 196 g/mol. The topological polar surface area (TPSA) is 15.3 Å². The Morgan fingerprint density at radius 3 is 2.31 bits per heavy atom. The molecule has 16 heavy (non-hydrogen) atoms. The minimum absolute atomic E-state index is 0.687. The van der Waals surface area contributed by atoms with E-state index < -0.39 is 0 Å². The van der Waals surface area contributed by atoms with Crippen LogP contribution in [0.1, 0.15) is 51.9 Å². The fourth-order valence-electron chi connectivity index (χ4n) is 3.60. The van der Waals surface area contributed by atoms with Gasteiger partial charge in [-0.1, -0.05) is 19.8 Å². The number of hydrogen-bond acceptors (Lipinski definition) is 2.